The Kier molecular flexibility index (Phi) is 4.98. The lowest BCUT2D eigenvalue weighted by molar-refractivity contribution is -0.132. The summed E-state index contributed by atoms with van der Waals surface area (Å²) >= 11 is 0. The van der Waals surface area contributed by atoms with Gasteiger partial charge >= 0.3 is 0 Å². The van der Waals surface area contributed by atoms with Crippen LogP contribution in [0.5, 0.6) is 5.75 Å². The van der Waals surface area contributed by atoms with Crippen LogP contribution >= 0.6 is 0 Å². The highest BCUT2D eigenvalue weighted by atomic mass is 16.5. The number of hydrogen-bond acceptors (Lipinski definition) is 4. The summed E-state index contributed by atoms with van der Waals surface area (Å²) in [7, 11) is 5.15. The maximum absolute atomic E-state index is 12.3. The van der Waals surface area contributed by atoms with E-state index < -0.39 is 0 Å². The fourth-order valence-electron chi connectivity index (χ4n) is 2.42. The van der Waals surface area contributed by atoms with Crippen LogP contribution in [0.4, 0.5) is 0 Å². The van der Waals surface area contributed by atoms with Crippen molar-refractivity contribution in [1.29, 1.82) is 0 Å². The van der Waals surface area contributed by atoms with E-state index in [0.29, 0.717) is 6.54 Å². The number of ether oxygens (including phenoxy) is 2. The molecule has 1 saturated heterocycles. The largest absolute Gasteiger partial charge is 0.497 e. The number of benzene rings is 1. The molecule has 110 valence electrons. The Morgan fingerprint density at radius 3 is 2.60 bits per heavy atom. The lowest BCUT2D eigenvalue weighted by Gasteiger charge is -2.21. The molecule has 1 aliphatic heterocycles. The first kappa shape index (κ1) is 14.8. The van der Waals surface area contributed by atoms with Gasteiger partial charge in [-0.3, -0.25) is 4.79 Å². The third-order valence-electron chi connectivity index (χ3n) is 3.68. The van der Waals surface area contributed by atoms with Crippen LogP contribution in [0, 0.1) is 0 Å². The van der Waals surface area contributed by atoms with Gasteiger partial charge in [0.2, 0.25) is 5.91 Å². The molecular weight excluding hydrogens is 256 g/mol. The molecule has 1 amide bonds. The van der Waals surface area contributed by atoms with Gasteiger partial charge in [-0.15, -0.1) is 0 Å². The van der Waals surface area contributed by atoms with Crippen molar-refractivity contribution < 1.29 is 14.3 Å². The molecule has 2 rings (SSSR count). The smallest absolute Gasteiger partial charge is 0.239 e. The van der Waals surface area contributed by atoms with Gasteiger partial charge in [-0.05, 0) is 24.1 Å². The SMILES string of the molecule is COc1ccc(CN(C)C(=O)C2CC(OC)CN2)cc1. The highest BCUT2D eigenvalue weighted by Crippen LogP contribution is 2.15. The summed E-state index contributed by atoms with van der Waals surface area (Å²) in [6, 6.07) is 7.62. The van der Waals surface area contributed by atoms with Crippen LogP contribution in [-0.4, -0.2) is 50.8 Å². The first-order valence-corrected chi connectivity index (χ1v) is 6.78. The van der Waals surface area contributed by atoms with Crippen molar-refractivity contribution in [2.75, 3.05) is 27.8 Å². The van der Waals surface area contributed by atoms with E-state index in [9.17, 15) is 4.79 Å². The van der Waals surface area contributed by atoms with Gasteiger partial charge in [0.15, 0.2) is 0 Å². The second-order valence-electron chi connectivity index (χ2n) is 5.10. The molecule has 1 fully saturated rings. The molecule has 1 aromatic rings. The number of carbonyl (C=O) groups is 1. The summed E-state index contributed by atoms with van der Waals surface area (Å²) < 4.78 is 10.4. The second-order valence-corrected chi connectivity index (χ2v) is 5.10. The van der Waals surface area contributed by atoms with Crippen LogP contribution in [-0.2, 0) is 16.1 Å². The molecule has 0 saturated carbocycles. The lowest BCUT2D eigenvalue weighted by atomic mass is 10.1. The van der Waals surface area contributed by atoms with Gasteiger partial charge in [0, 0.05) is 27.2 Å². The lowest BCUT2D eigenvalue weighted by Crippen LogP contribution is -2.41. The van der Waals surface area contributed by atoms with Crippen molar-refractivity contribution in [2.24, 2.45) is 0 Å². The van der Waals surface area contributed by atoms with Gasteiger partial charge in [-0.2, -0.15) is 0 Å². The number of likely N-dealkylation sites (N-methyl/N-ethyl adjacent to an activating group) is 1. The zero-order chi connectivity index (χ0) is 14.5. The Bertz CT molecular complexity index is 447. The van der Waals surface area contributed by atoms with Crippen LogP contribution in [0.25, 0.3) is 0 Å². The second kappa shape index (κ2) is 6.72. The van der Waals surface area contributed by atoms with Crippen molar-refractivity contribution in [3.05, 3.63) is 29.8 Å². The van der Waals surface area contributed by atoms with Gasteiger partial charge in [0.1, 0.15) is 5.75 Å². The van der Waals surface area contributed by atoms with Gasteiger partial charge in [0.25, 0.3) is 0 Å². The molecule has 5 heteroatoms. The summed E-state index contributed by atoms with van der Waals surface area (Å²) in [4.78, 5) is 14.1. The predicted molar refractivity (Wildman–Crippen MR) is 76.7 cm³/mol. The fourth-order valence-corrected chi connectivity index (χ4v) is 2.42. The van der Waals surface area contributed by atoms with Crippen LogP contribution in [0.15, 0.2) is 24.3 Å². The number of nitrogens with one attached hydrogen (secondary N) is 1. The van der Waals surface area contributed by atoms with Crippen molar-refractivity contribution in [2.45, 2.75) is 25.1 Å². The molecule has 20 heavy (non-hydrogen) atoms. The molecule has 2 unspecified atom stereocenters. The molecule has 1 N–H and O–H groups in total. The van der Waals surface area contributed by atoms with Crippen molar-refractivity contribution in [1.82, 2.24) is 10.2 Å². The third kappa shape index (κ3) is 3.49. The molecule has 0 radical (unpaired) electrons. The molecule has 1 aliphatic rings. The van der Waals surface area contributed by atoms with E-state index >= 15 is 0 Å². The van der Waals surface area contributed by atoms with E-state index in [-0.39, 0.29) is 18.1 Å². The third-order valence-corrected chi connectivity index (χ3v) is 3.68. The topological polar surface area (TPSA) is 50.8 Å². The molecule has 1 aromatic carbocycles. The molecule has 2 atom stereocenters. The maximum atomic E-state index is 12.3. The minimum Gasteiger partial charge on any atom is -0.497 e. The first-order chi connectivity index (χ1) is 9.63. The highest BCUT2D eigenvalue weighted by Gasteiger charge is 2.31. The van der Waals surface area contributed by atoms with E-state index in [0.717, 1.165) is 24.3 Å². The first-order valence-electron chi connectivity index (χ1n) is 6.78. The Balaban J connectivity index is 1.90. The van der Waals surface area contributed by atoms with Gasteiger partial charge < -0.3 is 19.7 Å². The van der Waals surface area contributed by atoms with Crippen molar-refractivity contribution >= 4 is 5.91 Å². The number of nitrogens with zero attached hydrogens (tertiary/aromatic N) is 1. The molecule has 0 bridgehead atoms. The highest BCUT2D eigenvalue weighted by molar-refractivity contribution is 5.82. The van der Waals surface area contributed by atoms with Crippen LogP contribution in [0.1, 0.15) is 12.0 Å². The molecular formula is C15H22N2O3. The van der Waals surface area contributed by atoms with Crippen molar-refractivity contribution in [3.63, 3.8) is 0 Å². The van der Waals surface area contributed by atoms with Crippen LogP contribution in [0.2, 0.25) is 0 Å². The average Bonchev–Trinajstić information content (AvgIpc) is 2.96. The Labute approximate surface area is 119 Å². The van der Waals surface area contributed by atoms with E-state index in [4.69, 9.17) is 9.47 Å². The number of rotatable bonds is 5. The average molecular weight is 278 g/mol. The Hall–Kier alpha value is -1.59. The Morgan fingerprint density at radius 1 is 1.35 bits per heavy atom. The summed E-state index contributed by atoms with van der Waals surface area (Å²) in [5.74, 6) is 0.934. The summed E-state index contributed by atoms with van der Waals surface area (Å²) in [5.41, 5.74) is 1.09. The number of amides is 1. The number of methoxy groups -OCH3 is 2. The van der Waals surface area contributed by atoms with Gasteiger partial charge in [-0.1, -0.05) is 12.1 Å². The van der Waals surface area contributed by atoms with Gasteiger partial charge in [0.05, 0.1) is 19.3 Å². The maximum Gasteiger partial charge on any atom is 0.239 e. The minimum absolute atomic E-state index is 0.111. The Morgan fingerprint density at radius 2 is 2.05 bits per heavy atom. The normalized spacial score (nSPS) is 21.8. The monoisotopic (exact) mass is 278 g/mol. The summed E-state index contributed by atoms with van der Waals surface area (Å²) in [6.07, 6.45) is 0.876. The molecule has 0 aromatic heterocycles. The van der Waals surface area contributed by atoms with E-state index in [2.05, 4.69) is 5.32 Å². The predicted octanol–water partition coefficient (Wildman–Crippen LogP) is 1.03. The van der Waals surface area contributed by atoms with Gasteiger partial charge in [-0.25, -0.2) is 0 Å². The number of hydrogen-bond donors (Lipinski definition) is 1. The quantitative estimate of drug-likeness (QED) is 0.874. The molecule has 0 aliphatic carbocycles. The minimum atomic E-state index is -0.136. The fraction of sp³-hybridized carbons (Fsp3) is 0.533. The van der Waals surface area contributed by atoms with Crippen LogP contribution < -0.4 is 10.1 Å². The summed E-state index contributed by atoms with van der Waals surface area (Å²) in [6.45, 7) is 1.34. The number of carbonyl (C=O) groups excluding carboxylic acids is 1. The van der Waals surface area contributed by atoms with Crippen LogP contribution in [0.3, 0.4) is 0 Å². The zero-order valence-electron chi connectivity index (χ0n) is 12.3. The molecule has 0 spiro atoms. The standard InChI is InChI=1S/C15H22N2O3/c1-17(10-11-4-6-12(19-2)7-5-11)15(18)14-8-13(20-3)9-16-14/h4-7,13-14,16H,8-10H2,1-3H3. The van der Waals surface area contributed by atoms with E-state index in [1.165, 1.54) is 0 Å². The summed E-state index contributed by atoms with van der Waals surface area (Å²) in [5, 5.41) is 3.21. The van der Waals surface area contributed by atoms with Crippen molar-refractivity contribution in [3.8, 4) is 5.75 Å². The zero-order valence-corrected chi connectivity index (χ0v) is 12.3. The van der Waals surface area contributed by atoms with E-state index in [1.807, 2.05) is 31.3 Å². The van der Waals surface area contributed by atoms with E-state index in [1.54, 1.807) is 19.1 Å². The molecule has 5 nitrogen and oxygen atoms in total. The molecule has 1 heterocycles.